The van der Waals surface area contributed by atoms with Gasteiger partial charge in [0.2, 0.25) is 0 Å². The second-order valence-electron chi connectivity index (χ2n) is 0.727. The lowest BCUT2D eigenvalue weighted by Crippen LogP contribution is -1.91. The highest BCUT2D eigenvalue weighted by molar-refractivity contribution is 7.13. The van der Waals surface area contributed by atoms with Crippen LogP contribution in [-0.2, 0) is 9.53 Å². The molecule has 0 saturated carbocycles. The lowest BCUT2D eigenvalue weighted by molar-refractivity contribution is -0.134. The number of ether oxygens (including phenoxy) is 1. The first kappa shape index (κ1) is 10.6. The van der Waals surface area contributed by atoms with E-state index in [0.29, 0.717) is 0 Å². The zero-order chi connectivity index (χ0) is 6.99. The summed E-state index contributed by atoms with van der Waals surface area (Å²) in [5.74, 6) is -0.394. The Morgan fingerprint density at radius 2 is 2.25 bits per heavy atom. The lowest BCUT2D eigenvalue weighted by atomic mass is 10.7. The molecule has 0 aromatic heterocycles. The van der Waals surface area contributed by atoms with Gasteiger partial charge in [0.1, 0.15) is 0 Å². The molecule has 0 bridgehead atoms. The van der Waals surface area contributed by atoms with E-state index < -0.39 is 5.97 Å². The number of esters is 1. The maximum Gasteiger partial charge on any atom is 0.329 e. The van der Waals surface area contributed by atoms with Crippen LogP contribution in [-0.4, -0.2) is 13.1 Å². The maximum atomic E-state index is 9.84. The summed E-state index contributed by atoms with van der Waals surface area (Å²) in [7, 11) is 3.23. The normalized spacial score (nSPS) is 5.88. The Kier molecular flexibility index (Phi) is 12.9. The van der Waals surface area contributed by atoms with E-state index in [1.165, 1.54) is 7.11 Å². The Labute approximate surface area is 51.2 Å². The summed E-state index contributed by atoms with van der Waals surface area (Å²) < 4.78 is 4.14. The van der Waals surface area contributed by atoms with Gasteiger partial charge in [-0.25, -0.2) is 4.79 Å². The number of carbonyl (C=O) groups is 1. The fourth-order valence-corrected chi connectivity index (χ4v) is 0.0833. The SMILES string of the molecule is C=CC(=O)OC.NP. The van der Waals surface area contributed by atoms with Crippen LogP contribution in [0.5, 0.6) is 0 Å². The summed E-state index contributed by atoms with van der Waals surface area (Å²) in [4.78, 5) is 9.84. The number of nitrogens with two attached hydrogens (primary N) is 1. The van der Waals surface area contributed by atoms with E-state index in [0.717, 1.165) is 6.08 Å². The van der Waals surface area contributed by atoms with Crippen molar-refractivity contribution in [2.75, 3.05) is 7.11 Å². The average Bonchev–Trinajstić information content (AvgIpc) is 1.91. The fourth-order valence-electron chi connectivity index (χ4n) is 0.0833. The molecule has 0 fully saturated rings. The number of carbonyl (C=O) groups excluding carboxylic acids is 1. The van der Waals surface area contributed by atoms with Crippen LogP contribution < -0.4 is 5.50 Å². The van der Waals surface area contributed by atoms with Crippen molar-refractivity contribution in [3.05, 3.63) is 12.7 Å². The Bertz CT molecular complexity index is 74.4. The zero-order valence-corrected chi connectivity index (χ0v) is 5.91. The van der Waals surface area contributed by atoms with E-state index in [1.54, 1.807) is 0 Å². The van der Waals surface area contributed by atoms with Gasteiger partial charge in [-0.2, -0.15) is 0 Å². The molecule has 0 aliphatic carbocycles. The van der Waals surface area contributed by atoms with Gasteiger partial charge in [0, 0.05) is 6.08 Å². The van der Waals surface area contributed by atoms with Gasteiger partial charge in [0.15, 0.2) is 0 Å². The van der Waals surface area contributed by atoms with E-state index in [-0.39, 0.29) is 0 Å². The average molecular weight is 135 g/mol. The van der Waals surface area contributed by atoms with Crippen LogP contribution in [0.4, 0.5) is 0 Å². The van der Waals surface area contributed by atoms with Gasteiger partial charge in [0.05, 0.1) is 7.11 Å². The van der Waals surface area contributed by atoms with Crippen molar-refractivity contribution in [1.29, 1.82) is 0 Å². The number of methoxy groups -OCH3 is 1. The zero-order valence-electron chi connectivity index (χ0n) is 4.76. The Balaban J connectivity index is 0. The minimum atomic E-state index is -0.394. The summed E-state index contributed by atoms with van der Waals surface area (Å²) in [5, 5.41) is 0. The molecule has 0 rings (SSSR count). The molecule has 4 heteroatoms. The van der Waals surface area contributed by atoms with Crippen LogP contribution in [0.3, 0.4) is 0 Å². The standard InChI is InChI=1S/C4H6O2.H4NP/c1-3-4(5)6-2;1-2/h3H,1H2,2H3;1-2H2. The van der Waals surface area contributed by atoms with Crippen LogP contribution in [0.1, 0.15) is 0 Å². The quantitative estimate of drug-likeness (QED) is 0.314. The van der Waals surface area contributed by atoms with Crippen LogP contribution >= 0.6 is 9.39 Å². The molecule has 1 unspecified atom stereocenters. The van der Waals surface area contributed by atoms with Gasteiger partial charge < -0.3 is 10.2 Å². The van der Waals surface area contributed by atoms with Crippen molar-refractivity contribution in [1.82, 2.24) is 0 Å². The summed E-state index contributed by atoms with van der Waals surface area (Å²) in [6.45, 7) is 3.16. The molecular formula is C4H10NO2P. The number of hydrogen-bond acceptors (Lipinski definition) is 3. The largest absolute Gasteiger partial charge is 0.466 e. The van der Waals surface area contributed by atoms with E-state index >= 15 is 0 Å². The molecule has 0 aromatic rings. The third-order valence-electron chi connectivity index (χ3n) is 0.368. The highest BCUT2D eigenvalue weighted by Gasteiger charge is 1.81. The van der Waals surface area contributed by atoms with Crippen molar-refractivity contribution in [2.45, 2.75) is 0 Å². The molecule has 0 aliphatic rings. The van der Waals surface area contributed by atoms with E-state index in [2.05, 4.69) is 16.8 Å². The molecule has 48 valence electrons. The lowest BCUT2D eigenvalue weighted by Gasteiger charge is -1.83. The molecule has 0 aromatic carbocycles. The third-order valence-corrected chi connectivity index (χ3v) is 0.368. The Hall–Kier alpha value is -0.400. The van der Waals surface area contributed by atoms with Crippen LogP contribution in [0.25, 0.3) is 0 Å². The molecule has 0 amide bonds. The molecule has 0 saturated heterocycles. The summed E-state index contributed by atoms with van der Waals surface area (Å²) in [5.41, 5.74) is 4.42. The van der Waals surface area contributed by atoms with Crippen molar-refractivity contribution < 1.29 is 9.53 Å². The molecule has 2 N–H and O–H groups in total. The van der Waals surface area contributed by atoms with Gasteiger partial charge >= 0.3 is 5.97 Å². The van der Waals surface area contributed by atoms with E-state index in [1.807, 2.05) is 9.39 Å². The van der Waals surface area contributed by atoms with Crippen molar-refractivity contribution in [2.24, 2.45) is 5.50 Å². The maximum absolute atomic E-state index is 9.84. The smallest absolute Gasteiger partial charge is 0.329 e. The molecular weight excluding hydrogens is 125 g/mol. The molecule has 0 radical (unpaired) electrons. The van der Waals surface area contributed by atoms with Gasteiger partial charge in [-0.15, -0.1) is 0 Å². The monoisotopic (exact) mass is 135 g/mol. The first-order chi connectivity index (χ1) is 3.81. The second-order valence-corrected chi connectivity index (χ2v) is 0.727. The summed E-state index contributed by atoms with van der Waals surface area (Å²) in [6.07, 6.45) is 1.11. The molecule has 1 atom stereocenters. The summed E-state index contributed by atoms with van der Waals surface area (Å²) in [6, 6.07) is 0. The predicted molar refractivity (Wildman–Crippen MR) is 36.1 cm³/mol. The third kappa shape index (κ3) is 9.14. The number of rotatable bonds is 1. The highest BCUT2D eigenvalue weighted by Crippen LogP contribution is 1.67. The second kappa shape index (κ2) is 9.78. The van der Waals surface area contributed by atoms with Crippen LogP contribution in [0, 0.1) is 0 Å². The van der Waals surface area contributed by atoms with E-state index in [4.69, 9.17) is 0 Å². The van der Waals surface area contributed by atoms with E-state index in [9.17, 15) is 4.79 Å². The van der Waals surface area contributed by atoms with Crippen LogP contribution in [0.2, 0.25) is 0 Å². The first-order valence-electron chi connectivity index (χ1n) is 1.85. The molecule has 8 heavy (non-hydrogen) atoms. The topological polar surface area (TPSA) is 52.3 Å². The molecule has 0 spiro atoms. The number of hydrogen-bond donors (Lipinski definition) is 1. The first-order valence-corrected chi connectivity index (χ1v) is 2.51. The summed E-state index contributed by atoms with van der Waals surface area (Å²) >= 11 is 0. The highest BCUT2D eigenvalue weighted by atomic mass is 31.0. The Morgan fingerprint density at radius 1 is 1.88 bits per heavy atom. The van der Waals surface area contributed by atoms with Crippen molar-refractivity contribution >= 4 is 15.4 Å². The van der Waals surface area contributed by atoms with Crippen molar-refractivity contribution in [3.63, 3.8) is 0 Å². The molecule has 3 nitrogen and oxygen atoms in total. The minimum Gasteiger partial charge on any atom is -0.466 e. The minimum absolute atomic E-state index is 0.394. The Morgan fingerprint density at radius 3 is 2.25 bits per heavy atom. The van der Waals surface area contributed by atoms with Gasteiger partial charge in [-0.3, -0.25) is 0 Å². The van der Waals surface area contributed by atoms with Gasteiger partial charge in [0.25, 0.3) is 0 Å². The van der Waals surface area contributed by atoms with Crippen molar-refractivity contribution in [3.8, 4) is 0 Å². The molecule has 0 heterocycles. The fraction of sp³-hybridized carbons (Fsp3) is 0.250. The van der Waals surface area contributed by atoms with Gasteiger partial charge in [-0.05, 0) is 0 Å². The predicted octanol–water partition coefficient (Wildman–Crippen LogP) is 0.0806. The van der Waals surface area contributed by atoms with Crippen LogP contribution in [0.15, 0.2) is 12.7 Å². The van der Waals surface area contributed by atoms with Gasteiger partial charge in [-0.1, -0.05) is 16.0 Å². The molecule has 0 aliphatic heterocycles.